The molecule has 0 bridgehead atoms. The summed E-state index contributed by atoms with van der Waals surface area (Å²) in [5.74, 6) is 1.34. The second kappa shape index (κ2) is 4.31. The maximum Gasteiger partial charge on any atom is 0.222 e. The number of pyridine rings is 1. The molecule has 0 saturated carbocycles. The van der Waals surface area contributed by atoms with Crippen LogP contribution in [0.3, 0.4) is 0 Å². The molecule has 2 aromatic heterocycles. The predicted molar refractivity (Wildman–Crippen MR) is 69.3 cm³/mol. The molecule has 0 fully saturated rings. The van der Waals surface area contributed by atoms with Gasteiger partial charge in [-0.2, -0.15) is 9.61 Å². The highest BCUT2D eigenvalue weighted by Crippen LogP contribution is 2.24. The van der Waals surface area contributed by atoms with Gasteiger partial charge in [0.2, 0.25) is 5.88 Å². The highest BCUT2D eigenvalue weighted by Gasteiger charge is 2.06. The van der Waals surface area contributed by atoms with Crippen molar-refractivity contribution in [2.24, 2.45) is 0 Å². The van der Waals surface area contributed by atoms with Crippen molar-refractivity contribution in [2.75, 3.05) is 0 Å². The fourth-order valence-electron chi connectivity index (χ4n) is 1.72. The van der Waals surface area contributed by atoms with Gasteiger partial charge >= 0.3 is 0 Å². The van der Waals surface area contributed by atoms with E-state index in [9.17, 15) is 0 Å². The van der Waals surface area contributed by atoms with Crippen molar-refractivity contribution in [1.29, 1.82) is 0 Å². The third-order valence-corrected chi connectivity index (χ3v) is 2.78. The van der Waals surface area contributed by atoms with Crippen molar-refractivity contribution in [2.45, 2.75) is 6.92 Å². The van der Waals surface area contributed by atoms with E-state index in [0.29, 0.717) is 16.7 Å². The monoisotopic (exact) mass is 259 g/mol. The van der Waals surface area contributed by atoms with Gasteiger partial charge < -0.3 is 4.74 Å². The van der Waals surface area contributed by atoms with Crippen LogP contribution in [0.1, 0.15) is 5.56 Å². The molecular formula is C13H10ClN3O. The lowest BCUT2D eigenvalue weighted by atomic mass is 10.3. The molecule has 0 amide bonds. The summed E-state index contributed by atoms with van der Waals surface area (Å²) in [4.78, 5) is 4.15. The zero-order valence-corrected chi connectivity index (χ0v) is 10.4. The van der Waals surface area contributed by atoms with Gasteiger partial charge in [-0.3, -0.25) is 0 Å². The Bertz CT molecular complexity index is 691. The number of rotatable bonds is 2. The molecule has 90 valence electrons. The van der Waals surface area contributed by atoms with Crippen molar-refractivity contribution in [3.05, 3.63) is 53.3 Å². The van der Waals surface area contributed by atoms with Crippen LogP contribution in [0.5, 0.6) is 11.6 Å². The van der Waals surface area contributed by atoms with Crippen LogP contribution in [0.25, 0.3) is 5.65 Å². The van der Waals surface area contributed by atoms with Crippen LogP contribution in [-0.4, -0.2) is 14.6 Å². The maximum atomic E-state index is 5.83. The number of nitrogens with zero attached hydrogens (tertiary/aromatic N) is 3. The molecule has 0 spiro atoms. The van der Waals surface area contributed by atoms with Crippen LogP contribution in [0.2, 0.25) is 5.02 Å². The number of aryl methyl sites for hydroxylation is 1. The van der Waals surface area contributed by atoms with Gasteiger partial charge in [-0.15, -0.1) is 0 Å². The first-order valence-electron chi connectivity index (χ1n) is 5.46. The topological polar surface area (TPSA) is 39.4 Å². The SMILES string of the molecule is Cc1cc(Oc2ccc(Cl)cc2)n2ncnc2c1. The number of halogens is 1. The van der Waals surface area contributed by atoms with Gasteiger partial charge in [-0.25, -0.2) is 4.98 Å². The van der Waals surface area contributed by atoms with Crippen LogP contribution < -0.4 is 4.74 Å². The molecule has 3 rings (SSSR count). The van der Waals surface area contributed by atoms with E-state index in [1.54, 1.807) is 16.6 Å². The number of benzene rings is 1. The molecule has 0 aliphatic carbocycles. The second-order valence-electron chi connectivity index (χ2n) is 3.96. The Morgan fingerprint density at radius 2 is 1.94 bits per heavy atom. The summed E-state index contributed by atoms with van der Waals surface area (Å²) >= 11 is 5.83. The number of ether oxygens (including phenoxy) is 1. The number of fused-ring (bicyclic) bond motifs is 1. The van der Waals surface area contributed by atoms with Crippen LogP contribution in [0, 0.1) is 6.92 Å². The molecule has 5 heteroatoms. The van der Waals surface area contributed by atoms with Gasteiger partial charge in [0.15, 0.2) is 5.65 Å². The van der Waals surface area contributed by atoms with Gasteiger partial charge in [0.25, 0.3) is 0 Å². The third-order valence-electron chi connectivity index (χ3n) is 2.53. The minimum Gasteiger partial charge on any atom is -0.439 e. The summed E-state index contributed by atoms with van der Waals surface area (Å²) in [6.07, 6.45) is 1.50. The van der Waals surface area contributed by atoms with Crippen molar-refractivity contribution < 1.29 is 4.74 Å². The molecule has 0 aliphatic heterocycles. The lowest BCUT2D eigenvalue weighted by Gasteiger charge is -2.08. The van der Waals surface area contributed by atoms with Crippen LogP contribution in [0.4, 0.5) is 0 Å². The Labute approximate surface area is 109 Å². The standard InChI is InChI=1S/C13H10ClN3O/c1-9-6-12-15-8-16-17(12)13(7-9)18-11-4-2-10(14)3-5-11/h2-8H,1H3. The predicted octanol–water partition coefficient (Wildman–Crippen LogP) is 3.48. The molecule has 0 unspecified atom stereocenters. The molecule has 2 heterocycles. The van der Waals surface area contributed by atoms with E-state index in [-0.39, 0.29) is 0 Å². The minimum atomic E-state index is 0.629. The van der Waals surface area contributed by atoms with Crippen LogP contribution in [0.15, 0.2) is 42.7 Å². The van der Waals surface area contributed by atoms with E-state index in [4.69, 9.17) is 16.3 Å². The van der Waals surface area contributed by atoms with Crippen molar-refractivity contribution >= 4 is 17.2 Å². The van der Waals surface area contributed by atoms with Gasteiger partial charge in [0.1, 0.15) is 12.1 Å². The lowest BCUT2D eigenvalue weighted by molar-refractivity contribution is 0.447. The van der Waals surface area contributed by atoms with E-state index in [0.717, 1.165) is 11.2 Å². The largest absolute Gasteiger partial charge is 0.439 e. The molecule has 1 aromatic carbocycles. The minimum absolute atomic E-state index is 0.629. The summed E-state index contributed by atoms with van der Waals surface area (Å²) in [7, 11) is 0. The zero-order valence-electron chi connectivity index (χ0n) is 9.67. The summed E-state index contributed by atoms with van der Waals surface area (Å²) in [5.41, 5.74) is 1.83. The number of aromatic nitrogens is 3. The second-order valence-corrected chi connectivity index (χ2v) is 4.39. The molecule has 4 nitrogen and oxygen atoms in total. The molecule has 3 aromatic rings. The fourth-order valence-corrected chi connectivity index (χ4v) is 1.84. The summed E-state index contributed by atoms with van der Waals surface area (Å²) in [5, 5.41) is 4.81. The maximum absolute atomic E-state index is 5.83. The summed E-state index contributed by atoms with van der Waals surface area (Å²) in [6.45, 7) is 1.99. The van der Waals surface area contributed by atoms with E-state index in [2.05, 4.69) is 10.1 Å². The van der Waals surface area contributed by atoms with E-state index >= 15 is 0 Å². The highest BCUT2D eigenvalue weighted by atomic mass is 35.5. The lowest BCUT2D eigenvalue weighted by Crippen LogP contribution is -1.96. The Morgan fingerprint density at radius 3 is 2.72 bits per heavy atom. The first-order chi connectivity index (χ1) is 8.72. The van der Waals surface area contributed by atoms with Gasteiger partial charge in [0, 0.05) is 11.1 Å². The molecular weight excluding hydrogens is 250 g/mol. The van der Waals surface area contributed by atoms with E-state index in [1.165, 1.54) is 6.33 Å². The molecule has 0 radical (unpaired) electrons. The average Bonchev–Trinajstić information content (AvgIpc) is 2.80. The Balaban J connectivity index is 2.03. The molecule has 18 heavy (non-hydrogen) atoms. The number of hydrogen-bond donors (Lipinski definition) is 0. The molecule has 0 atom stereocenters. The van der Waals surface area contributed by atoms with Crippen molar-refractivity contribution in [3.8, 4) is 11.6 Å². The van der Waals surface area contributed by atoms with Crippen molar-refractivity contribution in [3.63, 3.8) is 0 Å². The Hall–Kier alpha value is -2.07. The average molecular weight is 260 g/mol. The smallest absolute Gasteiger partial charge is 0.222 e. The first kappa shape index (κ1) is 11.0. The van der Waals surface area contributed by atoms with Gasteiger partial charge in [-0.05, 0) is 42.8 Å². The van der Waals surface area contributed by atoms with Crippen LogP contribution >= 0.6 is 11.6 Å². The highest BCUT2D eigenvalue weighted by molar-refractivity contribution is 6.30. The first-order valence-corrected chi connectivity index (χ1v) is 5.84. The Morgan fingerprint density at radius 1 is 1.17 bits per heavy atom. The van der Waals surface area contributed by atoms with E-state index < -0.39 is 0 Å². The van der Waals surface area contributed by atoms with Gasteiger partial charge in [-0.1, -0.05) is 11.6 Å². The zero-order chi connectivity index (χ0) is 12.5. The Kier molecular flexibility index (Phi) is 2.64. The van der Waals surface area contributed by atoms with E-state index in [1.807, 2.05) is 31.2 Å². The molecule has 0 aliphatic rings. The molecule has 0 N–H and O–H groups in total. The van der Waals surface area contributed by atoms with Crippen molar-refractivity contribution in [1.82, 2.24) is 14.6 Å². The number of hydrogen-bond acceptors (Lipinski definition) is 3. The third kappa shape index (κ3) is 2.02. The molecule has 0 saturated heterocycles. The summed E-state index contributed by atoms with van der Waals surface area (Å²) < 4.78 is 7.44. The quantitative estimate of drug-likeness (QED) is 0.707. The fraction of sp³-hybridized carbons (Fsp3) is 0.0769. The van der Waals surface area contributed by atoms with Gasteiger partial charge in [0.05, 0.1) is 0 Å². The summed E-state index contributed by atoms with van der Waals surface area (Å²) in [6, 6.07) is 11.1. The normalized spacial score (nSPS) is 10.8. The van der Waals surface area contributed by atoms with Crippen LogP contribution in [-0.2, 0) is 0 Å².